The Balaban J connectivity index is 1.76. The molecule has 90 valence electrons. The second kappa shape index (κ2) is 4.58. The molecule has 0 radical (unpaired) electrons. The lowest BCUT2D eigenvalue weighted by atomic mass is 9.87. The predicted molar refractivity (Wildman–Crippen MR) is 64.8 cm³/mol. The summed E-state index contributed by atoms with van der Waals surface area (Å²) < 4.78 is 5.33. The van der Waals surface area contributed by atoms with Crippen LogP contribution in [-0.4, -0.2) is 21.4 Å². The highest BCUT2D eigenvalue weighted by Crippen LogP contribution is 2.33. The molecule has 17 heavy (non-hydrogen) atoms. The van der Waals surface area contributed by atoms with E-state index in [9.17, 15) is 5.11 Å². The zero-order chi connectivity index (χ0) is 11.7. The number of nitrogens with zero attached hydrogens (tertiary/aromatic N) is 2. The van der Waals surface area contributed by atoms with Crippen LogP contribution in [0.15, 0.2) is 22.0 Å². The fourth-order valence-corrected chi connectivity index (χ4v) is 2.88. The van der Waals surface area contributed by atoms with Crippen molar-refractivity contribution < 1.29 is 9.63 Å². The van der Waals surface area contributed by atoms with Crippen LogP contribution >= 0.6 is 11.3 Å². The average molecular weight is 250 g/mol. The van der Waals surface area contributed by atoms with Crippen molar-refractivity contribution in [1.82, 2.24) is 10.1 Å². The summed E-state index contributed by atoms with van der Waals surface area (Å²) in [5.74, 6) is 1.72. The number of hydrogen-bond donors (Lipinski definition) is 1. The van der Waals surface area contributed by atoms with Gasteiger partial charge in [0.15, 0.2) is 0 Å². The Kier molecular flexibility index (Phi) is 2.94. The maximum absolute atomic E-state index is 9.46. The summed E-state index contributed by atoms with van der Waals surface area (Å²) in [6.45, 7) is 0. The van der Waals surface area contributed by atoms with Gasteiger partial charge < -0.3 is 9.63 Å². The van der Waals surface area contributed by atoms with Crippen LogP contribution in [0.3, 0.4) is 0 Å². The van der Waals surface area contributed by atoms with Gasteiger partial charge in [0, 0.05) is 5.92 Å². The van der Waals surface area contributed by atoms with E-state index >= 15 is 0 Å². The first-order valence-corrected chi connectivity index (χ1v) is 6.76. The fourth-order valence-electron chi connectivity index (χ4n) is 2.23. The molecule has 1 saturated carbocycles. The number of thiophene rings is 1. The van der Waals surface area contributed by atoms with Crippen molar-refractivity contribution in [1.29, 1.82) is 0 Å². The van der Waals surface area contributed by atoms with Crippen molar-refractivity contribution in [3.8, 4) is 10.7 Å². The average Bonchev–Trinajstić information content (AvgIpc) is 3.00. The van der Waals surface area contributed by atoms with Crippen molar-refractivity contribution in [3.63, 3.8) is 0 Å². The molecular formula is C12H14N2O2S. The molecule has 5 heteroatoms. The Bertz CT molecular complexity index is 472. The highest BCUT2D eigenvalue weighted by Gasteiger charge is 2.25. The number of rotatable bonds is 2. The van der Waals surface area contributed by atoms with Crippen LogP contribution in [0.5, 0.6) is 0 Å². The van der Waals surface area contributed by atoms with Crippen LogP contribution in [-0.2, 0) is 0 Å². The zero-order valence-corrected chi connectivity index (χ0v) is 10.2. The lowest BCUT2D eigenvalue weighted by Crippen LogP contribution is -2.17. The summed E-state index contributed by atoms with van der Waals surface area (Å²) in [6, 6.07) is 3.97. The smallest absolute Gasteiger partial charge is 0.230 e. The Morgan fingerprint density at radius 1 is 1.29 bits per heavy atom. The quantitative estimate of drug-likeness (QED) is 0.890. The summed E-state index contributed by atoms with van der Waals surface area (Å²) in [6.07, 6.45) is 3.40. The SMILES string of the molecule is OC1CCC(c2nc(-c3cccs3)no2)CC1. The van der Waals surface area contributed by atoms with Crippen molar-refractivity contribution >= 4 is 11.3 Å². The Morgan fingerprint density at radius 3 is 2.82 bits per heavy atom. The molecule has 1 N–H and O–H groups in total. The minimum absolute atomic E-state index is 0.147. The van der Waals surface area contributed by atoms with Crippen molar-refractivity contribution in [2.45, 2.75) is 37.7 Å². The highest BCUT2D eigenvalue weighted by atomic mass is 32.1. The minimum atomic E-state index is -0.147. The summed E-state index contributed by atoms with van der Waals surface area (Å²) >= 11 is 1.61. The van der Waals surface area contributed by atoms with Gasteiger partial charge in [-0.25, -0.2) is 0 Å². The van der Waals surface area contributed by atoms with Gasteiger partial charge >= 0.3 is 0 Å². The van der Waals surface area contributed by atoms with Gasteiger partial charge in [0.1, 0.15) is 0 Å². The van der Waals surface area contributed by atoms with E-state index in [2.05, 4.69) is 10.1 Å². The van der Waals surface area contributed by atoms with Crippen molar-refractivity contribution in [2.75, 3.05) is 0 Å². The molecule has 2 heterocycles. The van der Waals surface area contributed by atoms with Gasteiger partial charge in [-0.05, 0) is 37.1 Å². The van der Waals surface area contributed by atoms with E-state index in [4.69, 9.17) is 4.52 Å². The summed E-state index contributed by atoms with van der Waals surface area (Å²) in [5.41, 5.74) is 0. The molecule has 0 bridgehead atoms. The van der Waals surface area contributed by atoms with E-state index in [0.29, 0.717) is 11.7 Å². The number of hydrogen-bond acceptors (Lipinski definition) is 5. The Morgan fingerprint density at radius 2 is 2.12 bits per heavy atom. The third-order valence-electron chi connectivity index (χ3n) is 3.23. The van der Waals surface area contributed by atoms with Gasteiger partial charge in [-0.2, -0.15) is 4.98 Å². The minimum Gasteiger partial charge on any atom is -0.393 e. The molecule has 1 aliphatic carbocycles. The van der Waals surface area contributed by atoms with Gasteiger partial charge in [0.25, 0.3) is 0 Å². The third kappa shape index (κ3) is 2.25. The van der Waals surface area contributed by atoms with E-state index in [1.165, 1.54) is 0 Å². The Labute approximate surface area is 103 Å². The van der Waals surface area contributed by atoms with E-state index in [1.54, 1.807) is 11.3 Å². The lowest BCUT2D eigenvalue weighted by Gasteiger charge is -2.22. The summed E-state index contributed by atoms with van der Waals surface area (Å²) in [5, 5.41) is 15.5. The van der Waals surface area contributed by atoms with Gasteiger partial charge in [0.2, 0.25) is 11.7 Å². The molecule has 0 spiro atoms. The Hall–Kier alpha value is -1.20. The molecule has 0 aromatic carbocycles. The molecule has 2 aromatic heterocycles. The molecule has 4 nitrogen and oxygen atoms in total. The van der Waals surface area contributed by atoms with Crippen LogP contribution in [0, 0.1) is 0 Å². The van der Waals surface area contributed by atoms with Crippen LogP contribution in [0.1, 0.15) is 37.5 Å². The van der Waals surface area contributed by atoms with Gasteiger partial charge in [-0.15, -0.1) is 11.3 Å². The molecule has 1 aliphatic rings. The van der Waals surface area contributed by atoms with Gasteiger partial charge in [-0.3, -0.25) is 0 Å². The van der Waals surface area contributed by atoms with Gasteiger partial charge in [0.05, 0.1) is 11.0 Å². The van der Waals surface area contributed by atoms with E-state index < -0.39 is 0 Å². The second-order valence-electron chi connectivity index (χ2n) is 4.44. The van der Waals surface area contributed by atoms with E-state index in [1.807, 2.05) is 17.5 Å². The second-order valence-corrected chi connectivity index (χ2v) is 5.39. The molecule has 2 aromatic rings. The number of aromatic nitrogens is 2. The molecule has 3 rings (SSSR count). The molecule has 0 atom stereocenters. The molecule has 0 amide bonds. The van der Waals surface area contributed by atoms with Crippen molar-refractivity contribution in [3.05, 3.63) is 23.4 Å². The molecule has 0 aliphatic heterocycles. The fraction of sp³-hybridized carbons (Fsp3) is 0.500. The highest BCUT2D eigenvalue weighted by molar-refractivity contribution is 7.13. The monoisotopic (exact) mass is 250 g/mol. The predicted octanol–water partition coefficient (Wildman–Crippen LogP) is 2.82. The summed E-state index contributed by atoms with van der Waals surface area (Å²) in [7, 11) is 0. The van der Waals surface area contributed by atoms with E-state index in [-0.39, 0.29) is 6.10 Å². The maximum Gasteiger partial charge on any atom is 0.230 e. The molecular weight excluding hydrogens is 236 g/mol. The number of aliphatic hydroxyl groups excluding tert-OH is 1. The van der Waals surface area contributed by atoms with Crippen LogP contribution in [0.2, 0.25) is 0 Å². The first kappa shape index (κ1) is 10.9. The zero-order valence-electron chi connectivity index (χ0n) is 9.37. The van der Waals surface area contributed by atoms with Crippen LogP contribution < -0.4 is 0 Å². The molecule has 0 saturated heterocycles. The topological polar surface area (TPSA) is 59.2 Å². The first-order chi connectivity index (χ1) is 8.33. The van der Waals surface area contributed by atoms with E-state index in [0.717, 1.165) is 36.5 Å². The van der Waals surface area contributed by atoms with Crippen molar-refractivity contribution in [2.24, 2.45) is 0 Å². The standard InChI is InChI=1S/C12H14N2O2S/c15-9-5-3-8(4-6-9)12-13-11(14-16-12)10-2-1-7-17-10/h1-2,7-9,15H,3-6H2. The normalized spacial score (nSPS) is 25.0. The first-order valence-electron chi connectivity index (χ1n) is 5.88. The maximum atomic E-state index is 9.46. The lowest BCUT2D eigenvalue weighted by molar-refractivity contribution is 0.116. The molecule has 1 fully saturated rings. The largest absolute Gasteiger partial charge is 0.393 e. The van der Waals surface area contributed by atoms with Gasteiger partial charge in [-0.1, -0.05) is 11.2 Å². The molecule has 0 unspecified atom stereocenters. The van der Waals surface area contributed by atoms with Crippen LogP contribution in [0.25, 0.3) is 10.7 Å². The third-order valence-corrected chi connectivity index (χ3v) is 4.10. The number of aliphatic hydroxyl groups is 1. The van der Waals surface area contributed by atoms with Crippen LogP contribution in [0.4, 0.5) is 0 Å². The summed E-state index contributed by atoms with van der Waals surface area (Å²) in [4.78, 5) is 5.49.